The highest BCUT2D eigenvalue weighted by Crippen LogP contribution is 2.07. The lowest BCUT2D eigenvalue weighted by molar-refractivity contribution is -0.121. The van der Waals surface area contributed by atoms with E-state index in [1.54, 1.807) is 12.1 Å². The molecule has 2 N–H and O–H groups in total. The second-order valence-electron chi connectivity index (χ2n) is 3.91. The van der Waals surface area contributed by atoms with E-state index < -0.39 is 0 Å². The molecule has 0 bridgehead atoms. The molecule has 3 nitrogen and oxygen atoms in total. The quantitative estimate of drug-likeness (QED) is 0.804. The first kappa shape index (κ1) is 12.5. The van der Waals surface area contributed by atoms with Crippen molar-refractivity contribution >= 4 is 11.6 Å². The zero-order valence-corrected chi connectivity index (χ0v) is 9.59. The lowest BCUT2D eigenvalue weighted by Gasteiger charge is -2.09. The minimum Gasteiger partial charge on any atom is -0.385 e. The molecule has 0 aromatic heterocycles. The van der Waals surface area contributed by atoms with E-state index in [2.05, 4.69) is 10.6 Å². The Morgan fingerprint density at radius 3 is 2.50 bits per heavy atom. The second kappa shape index (κ2) is 6.10. The van der Waals surface area contributed by atoms with Gasteiger partial charge in [0, 0.05) is 24.7 Å². The van der Waals surface area contributed by atoms with Gasteiger partial charge < -0.3 is 10.6 Å². The molecule has 0 aliphatic carbocycles. The monoisotopic (exact) mass is 224 g/mol. The third kappa shape index (κ3) is 4.77. The van der Waals surface area contributed by atoms with E-state index in [1.165, 1.54) is 12.1 Å². The minimum atomic E-state index is -0.261. The third-order valence-corrected chi connectivity index (χ3v) is 1.98. The lowest BCUT2D eigenvalue weighted by Crippen LogP contribution is -2.31. The average molecular weight is 224 g/mol. The molecular formula is C12H17FN2O. The summed E-state index contributed by atoms with van der Waals surface area (Å²) in [6, 6.07) is 6.23. The highest BCUT2D eigenvalue weighted by atomic mass is 19.1. The molecule has 0 aliphatic rings. The molecule has 0 spiro atoms. The summed E-state index contributed by atoms with van der Waals surface area (Å²) in [5, 5.41) is 5.85. The molecule has 88 valence electrons. The van der Waals surface area contributed by atoms with E-state index in [1.807, 2.05) is 13.8 Å². The molecule has 0 fully saturated rings. The molecule has 1 rings (SSSR count). The summed E-state index contributed by atoms with van der Waals surface area (Å²) in [5.74, 6) is -0.243. The first-order valence-corrected chi connectivity index (χ1v) is 5.36. The molecule has 0 atom stereocenters. The maximum absolute atomic E-state index is 12.6. The third-order valence-electron chi connectivity index (χ3n) is 1.98. The number of carbonyl (C=O) groups excluding carboxylic acids is 1. The Balaban J connectivity index is 2.25. The Hall–Kier alpha value is -1.58. The molecular weight excluding hydrogens is 207 g/mol. The van der Waals surface area contributed by atoms with Crippen molar-refractivity contribution in [3.8, 4) is 0 Å². The highest BCUT2D eigenvalue weighted by Gasteiger charge is 2.02. The van der Waals surface area contributed by atoms with Crippen LogP contribution >= 0.6 is 0 Å². The van der Waals surface area contributed by atoms with Crippen LogP contribution in [0, 0.1) is 5.82 Å². The van der Waals surface area contributed by atoms with Crippen LogP contribution in [-0.4, -0.2) is 18.5 Å². The van der Waals surface area contributed by atoms with Crippen molar-refractivity contribution in [3.05, 3.63) is 30.1 Å². The molecule has 0 heterocycles. The zero-order chi connectivity index (χ0) is 12.0. The Morgan fingerprint density at radius 1 is 1.31 bits per heavy atom. The van der Waals surface area contributed by atoms with Crippen molar-refractivity contribution in [1.82, 2.24) is 5.32 Å². The number of hydrogen-bond donors (Lipinski definition) is 2. The first-order chi connectivity index (χ1) is 7.58. The average Bonchev–Trinajstić information content (AvgIpc) is 2.20. The Labute approximate surface area is 95.0 Å². The van der Waals surface area contributed by atoms with E-state index in [0.717, 1.165) is 5.69 Å². The largest absolute Gasteiger partial charge is 0.385 e. The van der Waals surface area contributed by atoms with Crippen LogP contribution in [0.5, 0.6) is 0 Å². The van der Waals surface area contributed by atoms with Gasteiger partial charge in [0.05, 0.1) is 0 Å². The van der Waals surface area contributed by atoms with E-state index >= 15 is 0 Å². The van der Waals surface area contributed by atoms with E-state index in [9.17, 15) is 9.18 Å². The van der Waals surface area contributed by atoms with Crippen molar-refractivity contribution in [1.29, 1.82) is 0 Å². The number of halogens is 1. The van der Waals surface area contributed by atoms with Crippen LogP contribution in [0.3, 0.4) is 0 Å². The number of nitrogens with one attached hydrogen (secondary N) is 2. The molecule has 4 heteroatoms. The van der Waals surface area contributed by atoms with Crippen LogP contribution in [0.2, 0.25) is 0 Å². The van der Waals surface area contributed by atoms with Crippen molar-refractivity contribution in [2.45, 2.75) is 26.3 Å². The van der Waals surface area contributed by atoms with Crippen molar-refractivity contribution < 1.29 is 9.18 Å². The normalized spacial score (nSPS) is 10.2. The fourth-order valence-corrected chi connectivity index (χ4v) is 1.28. The van der Waals surface area contributed by atoms with Gasteiger partial charge in [0.25, 0.3) is 0 Å². The van der Waals surface area contributed by atoms with Crippen LogP contribution in [0.15, 0.2) is 24.3 Å². The van der Waals surface area contributed by atoms with Crippen LogP contribution in [-0.2, 0) is 4.79 Å². The molecule has 1 aromatic carbocycles. The van der Waals surface area contributed by atoms with Gasteiger partial charge in [-0.3, -0.25) is 4.79 Å². The standard InChI is InChI=1S/C12H17FN2O/c1-9(2)15-12(16)7-8-14-11-5-3-10(13)4-6-11/h3-6,9,14H,7-8H2,1-2H3,(H,15,16). The Morgan fingerprint density at radius 2 is 1.94 bits per heavy atom. The highest BCUT2D eigenvalue weighted by molar-refractivity contribution is 5.76. The van der Waals surface area contributed by atoms with Gasteiger partial charge in [-0.2, -0.15) is 0 Å². The minimum absolute atomic E-state index is 0.0182. The predicted octanol–water partition coefficient (Wildman–Crippen LogP) is 2.15. The molecule has 0 unspecified atom stereocenters. The van der Waals surface area contributed by atoms with E-state index in [-0.39, 0.29) is 17.8 Å². The van der Waals surface area contributed by atoms with Gasteiger partial charge >= 0.3 is 0 Å². The molecule has 16 heavy (non-hydrogen) atoms. The fraction of sp³-hybridized carbons (Fsp3) is 0.417. The molecule has 1 amide bonds. The van der Waals surface area contributed by atoms with Gasteiger partial charge in [-0.25, -0.2) is 4.39 Å². The Bertz CT molecular complexity index is 335. The number of anilines is 1. The van der Waals surface area contributed by atoms with Gasteiger partial charge in [0.15, 0.2) is 0 Å². The summed E-state index contributed by atoms with van der Waals surface area (Å²) in [5.41, 5.74) is 0.818. The Kier molecular flexibility index (Phi) is 4.76. The molecule has 0 saturated carbocycles. The van der Waals surface area contributed by atoms with Crippen LogP contribution < -0.4 is 10.6 Å². The van der Waals surface area contributed by atoms with Crippen LogP contribution in [0.1, 0.15) is 20.3 Å². The zero-order valence-electron chi connectivity index (χ0n) is 9.59. The summed E-state index contributed by atoms with van der Waals surface area (Å²) in [6.45, 7) is 4.39. The van der Waals surface area contributed by atoms with E-state index in [4.69, 9.17) is 0 Å². The number of hydrogen-bond acceptors (Lipinski definition) is 2. The van der Waals surface area contributed by atoms with Gasteiger partial charge in [0.1, 0.15) is 5.82 Å². The molecule has 0 aliphatic heterocycles. The summed E-state index contributed by atoms with van der Waals surface area (Å²) in [7, 11) is 0. The fourth-order valence-electron chi connectivity index (χ4n) is 1.28. The summed E-state index contributed by atoms with van der Waals surface area (Å²) in [4.78, 5) is 11.3. The lowest BCUT2D eigenvalue weighted by atomic mass is 10.3. The smallest absolute Gasteiger partial charge is 0.221 e. The number of amides is 1. The van der Waals surface area contributed by atoms with Crippen LogP contribution in [0.4, 0.5) is 10.1 Å². The van der Waals surface area contributed by atoms with Gasteiger partial charge in [-0.15, -0.1) is 0 Å². The SMILES string of the molecule is CC(C)NC(=O)CCNc1ccc(F)cc1. The molecule has 0 radical (unpaired) electrons. The second-order valence-corrected chi connectivity index (χ2v) is 3.91. The van der Waals surface area contributed by atoms with Gasteiger partial charge in [0.2, 0.25) is 5.91 Å². The summed E-state index contributed by atoms with van der Waals surface area (Å²) in [6.07, 6.45) is 0.412. The maximum atomic E-state index is 12.6. The van der Waals surface area contributed by atoms with Crippen LogP contribution in [0.25, 0.3) is 0 Å². The summed E-state index contributed by atoms with van der Waals surface area (Å²) >= 11 is 0. The number of carbonyl (C=O) groups is 1. The van der Waals surface area contributed by atoms with Gasteiger partial charge in [-0.05, 0) is 38.1 Å². The van der Waals surface area contributed by atoms with Crippen molar-refractivity contribution in [2.24, 2.45) is 0 Å². The topological polar surface area (TPSA) is 41.1 Å². The number of benzene rings is 1. The van der Waals surface area contributed by atoms with E-state index in [0.29, 0.717) is 13.0 Å². The summed E-state index contributed by atoms with van der Waals surface area (Å²) < 4.78 is 12.6. The number of rotatable bonds is 5. The first-order valence-electron chi connectivity index (χ1n) is 5.36. The van der Waals surface area contributed by atoms with Crippen molar-refractivity contribution in [2.75, 3.05) is 11.9 Å². The predicted molar refractivity (Wildman–Crippen MR) is 62.8 cm³/mol. The van der Waals surface area contributed by atoms with Gasteiger partial charge in [-0.1, -0.05) is 0 Å². The maximum Gasteiger partial charge on any atom is 0.221 e. The molecule has 0 saturated heterocycles. The molecule has 1 aromatic rings. The van der Waals surface area contributed by atoms with Crippen molar-refractivity contribution in [3.63, 3.8) is 0 Å².